The summed E-state index contributed by atoms with van der Waals surface area (Å²) in [4.78, 5) is 8.42. The molecule has 1 aliphatic carbocycles. The van der Waals surface area contributed by atoms with E-state index >= 15 is 0 Å². The average molecular weight is 236 g/mol. The van der Waals surface area contributed by atoms with Crippen LogP contribution in [0.15, 0.2) is 6.20 Å². The van der Waals surface area contributed by atoms with E-state index in [2.05, 4.69) is 9.97 Å². The van der Waals surface area contributed by atoms with Crippen LogP contribution in [0.5, 0.6) is 6.01 Å². The van der Waals surface area contributed by atoms with Crippen LogP contribution < -0.4 is 4.74 Å². The highest BCUT2D eigenvalue weighted by atomic mass is 16.5. The van der Waals surface area contributed by atoms with E-state index in [4.69, 9.17) is 9.84 Å². The molecule has 0 aliphatic heterocycles. The number of aliphatic hydroxyl groups is 1. The van der Waals surface area contributed by atoms with Gasteiger partial charge < -0.3 is 9.84 Å². The Balaban J connectivity index is 1.99. The molecule has 94 valence electrons. The van der Waals surface area contributed by atoms with E-state index in [1.807, 2.05) is 6.92 Å². The van der Waals surface area contributed by atoms with Crippen molar-refractivity contribution in [3.63, 3.8) is 0 Å². The Hall–Kier alpha value is -1.16. The zero-order valence-corrected chi connectivity index (χ0v) is 10.4. The Bertz CT molecular complexity index is 360. The third-order valence-electron chi connectivity index (χ3n) is 3.30. The van der Waals surface area contributed by atoms with E-state index in [1.54, 1.807) is 6.20 Å². The number of aryl methyl sites for hydroxylation is 1. The van der Waals surface area contributed by atoms with Crippen LogP contribution in [0, 0.1) is 6.92 Å². The van der Waals surface area contributed by atoms with Gasteiger partial charge in [0.15, 0.2) is 0 Å². The van der Waals surface area contributed by atoms with Crippen LogP contribution in [-0.4, -0.2) is 21.2 Å². The monoisotopic (exact) mass is 236 g/mol. The number of hydrogen-bond acceptors (Lipinski definition) is 4. The molecule has 0 saturated heterocycles. The summed E-state index contributed by atoms with van der Waals surface area (Å²) < 4.78 is 5.81. The van der Waals surface area contributed by atoms with Gasteiger partial charge in [0.25, 0.3) is 0 Å². The van der Waals surface area contributed by atoms with Crippen LogP contribution in [-0.2, 0) is 6.61 Å². The van der Waals surface area contributed by atoms with Gasteiger partial charge in [-0.05, 0) is 32.6 Å². The van der Waals surface area contributed by atoms with Crippen molar-refractivity contribution < 1.29 is 9.84 Å². The van der Waals surface area contributed by atoms with Crippen molar-refractivity contribution in [1.82, 2.24) is 9.97 Å². The first-order chi connectivity index (χ1) is 8.29. The van der Waals surface area contributed by atoms with Crippen LogP contribution in [0.3, 0.4) is 0 Å². The molecule has 0 atom stereocenters. The Morgan fingerprint density at radius 1 is 1.29 bits per heavy atom. The van der Waals surface area contributed by atoms with Gasteiger partial charge in [-0.3, -0.25) is 0 Å². The van der Waals surface area contributed by atoms with Gasteiger partial charge in [0.1, 0.15) is 6.10 Å². The van der Waals surface area contributed by atoms with Gasteiger partial charge in [0.2, 0.25) is 0 Å². The highest BCUT2D eigenvalue weighted by Gasteiger charge is 2.15. The summed E-state index contributed by atoms with van der Waals surface area (Å²) in [5, 5.41) is 9.05. The summed E-state index contributed by atoms with van der Waals surface area (Å²) in [5.41, 5.74) is 1.56. The number of aromatic nitrogens is 2. The molecule has 1 aromatic heterocycles. The maximum absolute atomic E-state index is 9.05. The zero-order chi connectivity index (χ0) is 12.1. The molecule has 4 heteroatoms. The van der Waals surface area contributed by atoms with Gasteiger partial charge in [-0.2, -0.15) is 0 Å². The molecule has 1 saturated carbocycles. The normalized spacial score (nSPS) is 17.8. The average Bonchev–Trinajstić information content (AvgIpc) is 2.58. The number of ether oxygens (including phenoxy) is 1. The molecule has 0 spiro atoms. The van der Waals surface area contributed by atoms with Gasteiger partial charge in [0.05, 0.1) is 12.3 Å². The van der Waals surface area contributed by atoms with Crippen molar-refractivity contribution in [3.05, 3.63) is 17.5 Å². The molecule has 0 radical (unpaired) electrons. The predicted molar refractivity (Wildman–Crippen MR) is 64.8 cm³/mol. The topological polar surface area (TPSA) is 55.2 Å². The van der Waals surface area contributed by atoms with Crippen LogP contribution >= 0.6 is 0 Å². The van der Waals surface area contributed by atoms with Crippen LogP contribution in [0.25, 0.3) is 0 Å². The van der Waals surface area contributed by atoms with Crippen molar-refractivity contribution in [2.24, 2.45) is 0 Å². The Labute approximate surface area is 102 Å². The molecule has 2 rings (SSSR count). The zero-order valence-electron chi connectivity index (χ0n) is 10.4. The number of aliphatic hydroxyl groups excluding tert-OH is 1. The maximum Gasteiger partial charge on any atom is 0.316 e. The molecule has 4 nitrogen and oxygen atoms in total. The molecule has 1 heterocycles. The van der Waals surface area contributed by atoms with Crippen molar-refractivity contribution in [2.45, 2.75) is 58.2 Å². The first-order valence-corrected chi connectivity index (χ1v) is 6.39. The summed E-state index contributed by atoms with van der Waals surface area (Å²) in [6, 6.07) is 0.451. The molecule has 0 bridgehead atoms. The third-order valence-corrected chi connectivity index (χ3v) is 3.30. The SMILES string of the molecule is Cc1nc(OC2CCCCCC2)ncc1CO. The first kappa shape index (κ1) is 12.3. The van der Waals surface area contributed by atoms with Gasteiger partial charge in [0, 0.05) is 11.8 Å². The Morgan fingerprint density at radius 2 is 2.00 bits per heavy atom. The van der Waals surface area contributed by atoms with Gasteiger partial charge in [-0.25, -0.2) is 9.97 Å². The van der Waals surface area contributed by atoms with E-state index in [0.29, 0.717) is 6.01 Å². The summed E-state index contributed by atoms with van der Waals surface area (Å²) in [5.74, 6) is 0. The fourth-order valence-corrected chi connectivity index (χ4v) is 2.19. The summed E-state index contributed by atoms with van der Waals surface area (Å²) in [6.45, 7) is 1.85. The molecule has 1 aromatic rings. The van der Waals surface area contributed by atoms with Gasteiger partial charge >= 0.3 is 6.01 Å². The lowest BCUT2D eigenvalue weighted by molar-refractivity contribution is 0.167. The Morgan fingerprint density at radius 3 is 2.59 bits per heavy atom. The molecule has 1 aliphatic rings. The van der Waals surface area contributed by atoms with Crippen molar-refractivity contribution in [1.29, 1.82) is 0 Å². The number of nitrogens with zero attached hydrogens (tertiary/aromatic N) is 2. The minimum atomic E-state index is -0.0183. The Kier molecular flexibility index (Phi) is 4.31. The molecule has 1 N–H and O–H groups in total. The fraction of sp³-hybridized carbons (Fsp3) is 0.692. The molecular formula is C13H20N2O2. The summed E-state index contributed by atoms with van der Waals surface area (Å²) in [7, 11) is 0. The lowest BCUT2D eigenvalue weighted by Crippen LogP contribution is -2.17. The summed E-state index contributed by atoms with van der Waals surface area (Å²) >= 11 is 0. The van der Waals surface area contributed by atoms with Crippen LogP contribution in [0.4, 0.5) is 0 Å². The van der Waals surface area contributed by atoms with Crippen molar-refractivity contribution in [3.8, 4) is 6.01 Å². The molecule has 0 aromatic carbocycles. The van der Waals surface area contributed by atoms with E-state index in [9.17, 15) is 0 Å². The minimum Gasteiger partial charge on any atom is -0.460 e. The lowest BCUT2D eigenvalue weighted by Gasteiger charge is -2.15. The van der Waals surface area contributed by atoms with Gasteiger partial charge in [-0.1, -0.05) is 12.8 Å². The molecule has 17 heavy (non-hydrogen) atoms. The third kappa shape index (κ3) is 3.40. The second-order valence-electron chi connectivity index (χ2n) is 4.65. The lowest BCUT2D eigenvalue weighted by atomic mass is 10.2. The second kappa shape index (κ2) is 5.96. The molecule has 0 unspecified atom stereocenters. The van der Waals surface area contributed by atoms with Crippen LogP contribution in [0.2, 0.25) is 0 Å². The molecular weight excluding hydrogens is 216 g/mol. The number of hydrogen-bond donors (Lipinski definition) is 1. The second-order valence-corrected chi connectivity index (χ2v) is 4.65. The fourth-order valence-electron chi connectivity index (χ4n) is 2.19. The van der Waals surface area contributed by atoms with E-state index in [1.165, 1.54) is 25.7 Å². The van der Waals surface area contributed by atoms with E-state index in [0.717, 1.165) is 24.1 Å². The number of rotatable bonds is 3. The molecule has 1 fully saturated rings. The van der Waals surface area contributed by atoms with E-state index < -0.39 is 0 Å². The largest absolute Gasteiger partial charge is 0.460 e. The van der Waals surface area contributed by atoms with E-state index in [-0.39, 0.29) is 12.7 Å². The van der Waals surface area contributed by atoms with Crippen molar-refractivity contribution >= 4 is 0 Å². The standard InChI is InChI=1S/C13H20N2O2/c1-10-11(9-16)8-14-13(15-10)17-12-6-4-2-3-5-7-12/h8,12,16H,2-7,9H2,1H3. The quantitative estimate of drug-likeness (QED) is 0.819. The van der Waals surface area contributed by atoms with Crippen molar-refractivity contribution in [2.75, 3.05) is 0 Å². The first-order valence-electron chi connectivity index (χ1n) is 6.39. The van der Waals surface area contributed by atoms with Gasteiger partial charge in [-0.15, -0.1) is 0 Å². The predicted octanol–water partition coefficient (Wildman–Crippen LogP) is 2.38. The summed E-state index contributed by atoms with van der Waals surface area (Å²) in [6.07, 6.45) is 9.20. The molecule has 0 amide bonds. The van der Waals surface area contributed by atoms with Crippen LogP contribution in [0.1, 0.15) is 49.8 Å². The highest BCUT2D eigenvalue weighted by molar-refractivity contribution is 5.16. The highest BCUT2D eigenvalue weighted by Crippen LogP contribution is 2.21. The maximum atomic E-state index is 9.05. The minimum absolute atomic E-state index is 0.0183. The smallest absolute Gasteiger partial charge is 0.316 e.